The molecule has 1 aromatic heterocycles. The smallest absolute Gasteiger partial charge is 0.354 e. The van der Waals surface area contributed by atoms with Crippen molar-refractivity contribution >= 4 is 29.4 Å². The molecular weight excluding hydrogens is 563 g/mol. The van der Waals surface area contributed by atoms with Crippen LogP contribution in [0.25, 0.3) is 0 Å². The standard InChI is InChI=1S/C30H40F3N7O3/c1-19(2)35-27(42)23-7-5-6-21(23)16-25-24(30(31,32)33)17-34-29(37-25)36-22-10-8-20(9-11-22)28(43)40-14-12-39(13-15-40)18-26(41)38(3)4/h8-11,17,19,21,23H,5-7,12-16,18H2,1-4H3,(H,35,42)(H,34,36,37)/t21-,23-/m0/s1. The summed E-state index contributed by atoms with van der Waals surface area (Å²) in [5.74, 6) is -0.845. The van der Waals surface area contributed by atoms with Gasteiger partial charge in [-0.15, -0.1) is 0 Å². The molecule has 0 spiro atoms. The van der Waals surface area contributed by atoms with Gasteiger partial charge in [-0.25, -0.2) is 9.97 Å². The van der Waals surface area contributed by atoms with Crippen LogP contribution in [0.1, 0.15) is 54.7 Å². The number of nitrogens with zero attached hydrogens (tertiary/aromatic N) is 5. The van der Waals surface area contributed by atoms with Gasteiger partial charge in [-0.2, -0.15) is 13.2 Å². The molecule has 1 saturated heterocycles. The average molecular weight is 604 g/mol. The molecule has 1 saturated carbocycles. The topological polar surface area (TPSA) is 111 Å². The van der Waals surface area contributed by atoms with E-state index < -0.39 is 11.7 Å². The van der Waals surface area contributed by atoms with Gasteiger partial charge in [-0.3, -0.25) is 19.3 Å². The predicted molar refractivity (Wildman–Crippen MR) is 156 cm³/mol. The molecule has 43 heavy (non-hydrogen) atoms. The van der Waals surface area contributed by atoms with Crippen molar-refractivity contribution in [2.24, 2.45) is 11.8 Å². The van der Waals surface area contributed by atoms with E-state index in [9.17, 15) is 27.6 Å². The number of carbonyl (C=O) groups excluding carboxylic acids is 3. The first-order chi connectivity index (χ1) is 20.3. The number of likely N-dealkylation sites (N-methyl/N-ethyl adjacent to an activating group) is 1. The number of aromatic nitrogens is 2. The maximum Gasteiger partial charge on any atom is 0.419 e. The normalized spacial score (nSPS) is 19.4. The quantitative estimate of drug-likeness (QED) is 0.451. The Kier molecular flexibility index (Phi) is 10.3. The molecule has 234 valence electrons. The van der Waals surface area contributed by atoms with E-state index in [1.54, 1.807) is 48.2 Å². The number of amides is 3. The molecule has 2 heterocycles. The van der Waals surface area contributed by atoms with Gasteiger partial charge < -0.3 is 20.4 Å². The Labute approximate surface area is 250 Å². The molecule has 10 nitrogen and oxygen atoms in total. The van der Waals surface area contributed by atoms with Crippen LogP contribution >= 0.6 is 0 Å². The van der Waals surface area contributed by atoms with Crippen LogP contribution in [0.5, 0.6) is 0 Å². The second kappa shape index (κ2) is 13.7. The van der Waals surface area contributed by atoms with Crippen LogP contribution in [0.3, 0.4) is 0 Å². The van der Waals surface area contributed by atoms with E-state index in [4.69, 9.17) is 0 Å². The summed E-state index contributed by atoms with van der Waals surface area (Å²) in [6.07, 6.45) is -1.76. The molecule has 0 radical (unpaired) electrons. The molecular formula is C30H40F3N7O3. The summed E-state index contributed by atoms with van der Waals surface area (Å²) in [4.78, 5) is 51.1. The minimum Gasteiger partial charge on any atom is -0.354 e. The Morgan fingerprint density at radius 3 is 2.33 bits per heavy atom. The molecule has 2 atom stereocenters. The van der Waals surface area contributed by atoms with Crippen molar-refractivity contribution < 1.29 is 27.6 Å². The lowest BCUT2D eigenvalue weighted by atomic mass is 9.89. The van der Waals surface area contributed by atoms with Crippen molar-refractivity contribution in [3.63, 3.8) is 0 Å². The van der Waals surface area contributed by atoms with Crippen LogP contribution in [0.2, 0.25) is 0 Å². The fraction of sp³-hybridized carbons (Fsp3) is 0.567. The number of piperazine rings is 1. The highest BCUT2D eigenvalue weighted by atomic mass is 19.4. The third kappa shape index (κ3) is 8.43. The first-order valence-corrected chi connectivity index (χ1v) is 14.6. The van der Waals surface area contributed by atoms with Gasteiger partial charge in [0.1, 0.15) is 0 Å². The summed E-state index contributed by atoms with van der Waals surface area (Å²) in [5.41, 5.74) is -0.0498. The van der Waals surface area contributed by atoms with Crippen LogP contribution in [0.4, 0.5) is 24.8 Å². The highest BCUT2D eigenvalue weighted by Gasteiger charge is 2.39. The Balaban J connectivity index is 1.41. The SMILES string of the molecule is CC(C)NC(=O)[C@H]1CCC[C@H]1Cc1nc(Nc2ccc(C(=O)N3CCN(CC(=O)N(C)C)CC3)cc2)ncc1C(F)(F)F. The number of alkyl halides is 3. The van der Waals surface area contributed by atoms with E-state index in [1.807, 2.05) is 18.7 Å². The summed E-state index contributed by atoms with van der Waals surface area (Å²) < 4.78 is 41.6. The number of halogens is 3. The van der Waals surface area contributed by atoms with Gasteiger partial charge in [0.05, 0.1) is 17.8 Å². The molecule has 2 aliphatic rings. The fourth-order valence-electron chi connectivity index (χ4n) is 5.59. The summed E-state index contributed by atoms with van der Waals surface area (Å²) in [6, 6.07) is 6.56. The van der Waals surface area contributed by atoms with Crippen molar-refractivity contribution in [1.29, 1.82) is 0 Å². The highest BCUT2D eigenvalue weighted by molar-refractivity contribution is 5.94. The van der Waals surface area contributed by atoms with Gasteiger partial charge in [0.2, 0.25) is 17.8 Å². The number of benzene rings is 1. The van der Waals surface area contributed by atoms with E-state index in [-0.39, 0.29) is 53.7 Å². The summed E-state index contributed by atoms with van der Waals surface area (Å²) >= 11 is 0. The zero-order valence-corrected chi connectivity index (χ0v) is 25.1. The summed E-state index contributed by atoms with van der Waals surface area (Å²) in [6.45, 7) is 6.23. The van der Waals surface area contributed by atoms with Crippen LogP contribution in [-0.4, -0.2) is 95.3 Å². The van der Waals surface area contributed by atoms with Gasteiger partial charge in [0.15, 0.2) is 0 Å². The minimum atomic E-state index is -4.63. The number of rotatable bonds is 9. The largest absolute Gasteiger partial charge is 0.419 e. The Bertz CT molecular complexity index is 1290. The summed E-state index contributed by atoms with van der Waals surface area (Å²) in [7, 11) is 3.43. The predicted octanol–water partition coefficient (Wildman–Crippen LogP) is 3.57. The van der Waals surface area contributed by atoms with E-state index in [0.29, 0.717) is 56.8 Å². The lowest BCUT2D eigenvalue weighted by molar-refractivity contribution is -0.138. The van der Waals surface area contributed by atoms with E-state index in [0.717, 1.165) is 12.6 Å². The maximum absolute atomic E-state index is 13.9. The minimum absolute atomic E-state index is 0.00616. The molecule has 0 unspecified atom stereocenters. The van der Waals surface area contributed by atoms with Crippen LogP contribution in [-0.2, 0) is 22.2 Å². The van der Waals surface area contributed by atoms with Crippen molar-refractivity contribution in [1.82, 2.24) is 30.0 Å². The van der Waals surface area contributed by atoms with Crippen LogP contribution < -0.4 is 10.6 Å². The van der Waals surface area contributed by atoms with Gasteiger partial charge >= 0.3 is 6.18 Å². The fourth-order valence-corrected chi connectivity index (χ4v) is 5.59. The van der Waals surface area contributed by atoms with Gasteiger partial charge in [-0.05, 0) is 63.3 Å². The Hall–Kier alpha value is -3.74. The lowest BCUT2D eigenvalue weighted by Crippen LogP contribution is -2.51. The van der Waals surface area contributed by atoms with Crippen molar-refractivity contribution in [2.45, 2.75) is 51.7 Å². The third-order valence-electron chi connectivity index (χ3n) is 7.96. The molecule has 4 rings (SSSR count). The number of nitrogens with one attached hydrogen (secondary N) is 2. The zero-order valence-electron chi connectivity index (χ0n) is 25.1. The molecule has 3 amide bonds. The van der Waals surface area contributed by atoms with Gasteiger partial charge in [0.25, 0.3) is 5.91 Å². The van der Waals surface area contributed by atoms with Gasteiger partial charge in [0, 0.05) is 69.7 Å². The Morgan fingerprint density at radius 1 is 1.05 bits per heavy atom. The lowest BCUT2D eigenvalue weighted by Gasteiger charge is -2.34. The second-order valence-electron chi connectivity index (χ2n) is 11.8. The Morgan fingerprint density at radius 2 is 1.72 bits per heavy atom. The number of hydrogen-bond acceptors (Lipinski definition) is 7. The van der Waals surface area contributed by atoms with Crippen LogP contribution in [0.15, 0.2) is 30.5 Å². The first kappa shape index (κ1) is 32.2. The number of hydrogen-bond donors (Lipinski definition) is 2. The van der Waals surface area contributed by atoms with Crippen molar-refractivity contribution in [3.05, 3.63) is 47.3 Å². The van der Waals surface area contributed by atoms with Crippen molar-refractivity contribution in [3.8, 4) is 0 Å². The first-order valence-electron chi connectivity index (χ1n) is 14.6. The maximum atomic E-state index is 13.9. The highest BCUT2D eigenvalue weighted by Crippen LogP contribution is 2.38. The number of carbonyl (C=O) groups is 3. The molecule has 1 aliphatic heterocycles. The molecule has 2 N–H and O–H groups in total. The monoisotopic (exact) mass is 603 g/mol. The van der Waals surface area contributed by atoms with Gasteiger partial charge in [-0.1, -0.05) is 6.42 Å². The molecule has 0 bridgehead atoms. The third-order valence-corrected chi connectivity index (χ3v) is 7.96. The van der Waals surface area contributed by atoms with Crippen molar-refractivity contribution in [2.75, 3.05) is 52.1 Å². The van der Waals surface area contributed by atoms with E-state index in [1.165, 1.54) is 0 Å². The molecule has 13 heteroatoms. The zero-order chi connectivity index (χ0) is 31.3. The molecule has 2 fully saturated rings. The molecule has 2 aromatic rings. The second-order valence-corrected chi connectivity index (χ2v) is 11.8. The molecule has 1 aliphatic carbocycles. The molecule has 1 aromatic carbocycles. The van der Waals surface area contributed by atoms with Crippen LogP contribution in [0, 0.1) is 11.8 Å². The van der Waals surface area contributed by atoms with E-state index in [2.05, 4.69) is 20.6 Å². The number of anilines is 2. The average Bonchev–Trinajstić information content (AvgIpc) is 3.41. The summed E-state index contributed by atoms with van der Waals surface area (Å²) in [5, 5.41) is 5.84. The van der Waals surface area contributed by atoms with E-state index >= 15 is 0 Å².